The van der Waals surface area contributed by atoms with Gasteiger partial charge in [-0.1, -0.05) is 29.1 Å². The molecule has 4 heteroatoms. The molecule has 0 aliphatic carbocycles. The van der Waals surface area contributed by atoms with Gasteiger partial charge < -0.3 is 5.32 Å². The van der Waals surface area contributed by atoms with Crippen molar-refractivity contribution in [1.29, 1.82) is 0 Å². The average molecular weight is 228 g/mol. The van der Waals surface area contributed by atoms with Gasteiger partial charge in [0.25, 0.3) is 5.91 Å². The minimum Gasteiger partial charge on any atom is -0.341 e. The number of amides is 1. The van der Waals surface area contributed by atoms with E-state index in [2.05, 4.69) is 11.2 Å². The molecule has 1 rings (SSSR count). The molecule has 0 fully saturated rings. The molecule has 0 unspecified atom stereocenters. The summed E-state index contributed by atoms with van der Waals surface area (Å²) >= 11 is 11.5. The zero-order valence-corrected chi connectivity index (χ0v) is 8.69. The Morgan fingerprint density at radius 2 is 2.21 bits per heavy atom. The molecule has 14 heavy (non-hydrogen) atoms. The number of hydrogen-bond donors (Lipinski definition) is 1. The first kappa shape index (κ1) is 10.9. The zero-order chi connectivity index (χ0) is 10.6. The number of hydrogen-bond acceptors (Lipinski definition) is 1. The smallest absolute Gasteiger partial charge is 0.253 e. The van der Waals surface area contributed by atoms with Gasteiger partial charge in [-0.25, -0.2) is 0 Å². The lowest BCUT2D eigenvalue weighted by Crippen LogP contribution is -2.23. The van der Waals surface area contributed by atoms with E-state index in [9.17, 15) is 4.79 Å². The Morgan fingerprint density at radius 1 is 1.50 bits per heavy atom. The fourth-order valence-electron chi connectivity index (χ4n) is 0.900. The predicted octanol–water partition coefficient (Wildman–Crippen LogP) is 2.36. The minimum atomic E-state index is -0.301. The third-order valence-electron chi connectivity index (χ3n) is 1.53. The van der Waals surface area contributed by atoms with E-state index < -0.39 is 0 Å². The van der Waals surface area contributed by atoms with Crippen LogP contribution < -0.4 is 5.32 Å². The molecule has 72 valence electrons. The summed E-state index contributed by atoms with van der Waals surface area (Å²) in [7, 11) is 0. The summed E-state index contributed by atoms with van der Waals surface area (Å²) in [4.78, 5) is 11.4. The van der Waals surface area contributed by atoms with Crippen molar-refractivity contribution in [3.8, 4) is 12.3 Å². The van der Waals surface area contributed by atoms with Crippen molar-refractivity contribution in [3.63, 3.8) is 0 Å². The Labute approximate surface area is 92.2 Å². The Hall–Kier alpha value is -1.17. The maximum absolute atomic E-state index is 11.4. The van der Waals surface area contributed by atoms with Gasteiger partial charge in [0.1, 0.15) is 0 Å². The molecule has 0 bridgehead atoms. The number of rotatable bonds is 2. The lowest BCUT2D eigenvalue weighted by atomic mass is 10.2. The molecule has 1 aromatic carbocycles. The van der Waals surface area contributed by atoms with Crippen LogP contribution in [0.2, 0.25) is 10.0 Å². The first-order chi connectivity index (χ1) is 6.65. The number of benzene rings is 1. The van der Waals surface area contributed by atoms with Crippen molar-refractivity contribution in [1.82, 2.24) is 5.32 Å². The van der Waals surface area contributed by atoms with Crippen LogP contribution in [0.4, 0.5) is 0 Å². The van der Waals surface area contributed by atoms with Crippen LogP contribution in [-0.4, -0.2) is 12.5 Å². The van der Waals surface area contributed by atoms with Crippen LogP contribution in [-0.2, 0) is 0 Å². The molecule has 0 atom stereocenters. The highest BCUT2D eigenvalue weighted by Gasteiger charge is 2.08. The van der Waals surface area contributed by atoms with E-state index >= 15 is 0 Å². The Kier molecular flexibility index (Phi) is 3.82. The maximum Gasteiger partial charge on any atom is 0.253 e. The number of terminal acetylenes is 1. The summed E-state index contributed by atoms with van der Waals surface area (Å²) in [6.45, 7) is 0.178. The number of carbonyl (C=O) groups is 1. The molecule has 1 N–H and O–H groups in total. The Bertz CT molecular complexity index is 396. The molecular formula is C10H7Cl2NO. The first-order valence-corrected chi connectivity index (χ1v) is 4.57. The molecule has 0 aliphatic heterocycles. The molecule has 1 amide bonds. The minimum absolute atomic E-state index is 0.178. The van der Waals surface area contributed by atoms with Crippen LogP contribution in [0, 0.1) is 12.3 Å². The van der Waals surface area contributed by atoms with E-state index in [4.69, 9.17) is 29.6 Å². The fraction of sp³-hybridized carbons (Fsp3) is 0.100. The van der Waals surface area contributed by atoms with Crippen molar-refractivity contribution in [2.45, 2.75) is 0 Å². The third-order valence-corrected chi connectivity index (χ3v) is 2.07. The van der Waals surface area contributed by atoms with Crippen LogP contribution in [0.1, 0.15) is 10.4 Å². The second-order valence-electron chi connectivity index (χ2n) is 2.51. The van der Waals surface area contributed by atoms with E-state index in [1.165, 1.54) is 6.07 Å². The van der Waals surface area contributed by atoms with Gasteiger partial charge in [-0.15, -0.1) is 6.42 Å². The Morgan fingerprint density at radius 3 is 2.79 bits per heavy atom. The monoisotopic (exact) mass is 227 g/mol. The van der Waals surface area contributed by atoms with E-state index in [-0.39, 0.29) is 12.5 Å². The van der Waals surface area contributed by atoms with Crippen LogP contribution in [0.25, 0.3) is 0 Å². The first-order valence-electron chi connectivity index (χ1n) is 3.82. The van der Waals surface area contributed by atoms with Gasteiger partial charge in [0.15, 0.2) is 0 Å². The van der Waals surface area contributed by atoms with E-state index in [1.807, 2.05) is 0 Å². The summed E-state index contributed by atoms with van der Waals surface area (Å²) in [5.41, 5.74) is 0.367. The van der Waals surface area contributed by atoms with E-state index in [0.29, 0.717) is 15.6 Å². The second kappa shape index (κ2) is 4.90. The van der Waals surface area contributed by atoms with Gasteiger partial charge >= 0.3 is 0 Å². The summed E-state index contributed by atoms with van der Waals surface area (Å²) in [6.07, 6.45) is 5.00. The standard InChI is InChI=1S/C10H7Cl2NO/c1-2-5-13-10(14)8-4-3-7(11)6-9(8)12/h1,3-4,6H,5H2,(H,13,14). The van der Waals surface area contributed by atoms with Crippen LogP contribution in [0.3, 0.4) is 0 Å². The van der Waals surface area contributed by atoms with Crippen LogP contribution in [0.15, 0.2) is 18.2 Å². The van der Waals surface area contributed by atoms with Gasteiger partial charge in [0.05, 0.1) is 17.1 Å². The van der Waals surface area contributed by atoms with Crippen molar-refractivity contribution >= 4 is 29.1 Å². The van der Waals surface area contributed by atoms with E-state index in [1.54, 1.807) is 12.1 Å². The average Bonchev–Trinajstić information content (AvgIpc) is 2.14. The molecule has 1 aromatic rings. The number of nitrogens with one attached hydrogen (secondary N) is 1. The largest absolute Gasteiger partial charge is 0.341 e. The predicted molar refractivity (Wildman–Crippen MR) is 57.6 cm³/mol. The van der Waals surface area contributed by atoms with Gasteiger partial charge in [-0.3, -0.25) is 4.79 Å². The summed E-state index contributed by atoms with van der Waals surface area (Å²) in [5, 5.41) is 3.31. The SMILES string of the molecule is C#CCNC(=O)c1ccc(Cl)cc1Cl. The van der Waals surface area contributed by atoms with Crippen LogP contribution >= 0.6 is 23.2 Å². The van der Waals surface area contributed by atoms with Crippen molar-refractivity contribution < 1.29 is 4.79 Å². The zero-order valence-electron chi connectivity index (χ0n) is 7.18. The molecule has 0 heterocycles. The fourth-order valence-corrected chi connectivity index (χ4v) is 1.39. The summed E-state index contributed by atoms with van der Waals surface area (Å²) < 4.78 is 0. The highest BCUT2D eigenvalue weighted by atomic mass is 35.5. The molecule has 0 radical (unpaired) electrons. The lowest BCUT2D eigenvalue weighted by molar-refractivity contribution is 0.0959. The quantitative estimate of drug-likeness (QED) is 0.773. The molecule has 0 spiro atoms. The summed E-state index contributed by atoms with van der Waals surface area (Å²) in [5.74, 6) is 2.00. The van der Waals surface area contributed by atoms with Gasteiger partial charge in [-0.05, 0) is 18.2 Å². The molecular weight excluding hydrogens is 221 g/mol. The molecule has 0 saturated carbocycles. The normalized spacial score (nSPS) is 9.21. The highest BCUT2D eigenvalue weighted by molar-refractivity contribution is 6.36. The molecule has 0 saturated heterocycles. The lowest BCUT2D eigenvalue weighted by Gasteiger charge is -2.03. The molecule has 2 nitrogen and oxygen atoms in total. The van der Waals surface area contributed by atoms with Gasteiger partial charge in [0.2, 0.25) is 0 Å². The highest BCUT2D eigenvalue weighted by Crippen LogP contribution is 2.20. The van der Waals surface area contributed by atoms with Crippen LogP contribution in [0.5, 0.6) is 0 Å². The van der Waals surface area contributed by atoms with Crippen molar-refractivity contribution in [2.24, 2.45) is 0 Å². The molecule has 0 aromatic heterocycles. The number of carbonyl (C=O) groups excluding carboxylic acids is 1. The summed E-state index contributed by atoms with van der Waals surface area (Å²) in [6, 6.07) is 4.66. The van der Waals surface area contributed by atoms with Gasteiger partial charge in [-0.2, -0.15) is 0 Å². The maximum atomic E-state index is 11.4. The Balaban J connectivity index is 2.86. The van der Waals surface area contributed by atoms with Gasteiger partial charge in [0, 0.05) is 5.02 Å². The van der Waals surface area contributed by atoms with E-state index in [0.717, 1.165) is 0 Å². The number of halogens is 2. The van der Waals surface area contributed by atoms with Crippen molar-refractivity contribution in [2.75, 3.05) is 6.54 Å². The third kappa shape index (κ3) is 2.66. The molecule has 0 aliphatic rings. The second-order valence-corrected chi connectivity index (χ2v) is 3.35. The topological polar surface area (TPSA) is 29.1 Å². The van der Waals surface area contributed by atoms with Crippen molar-refractivity contribution in [3.05, 3.63) is 33.8 Å².